The maximum Gasteiger partial charge on any atom is 0.0898 e. The zero-order valence-corrected chi connectivity index (χ0v) is 12.1. The largest absolute Gasteiger partial charge is 0.307 e. The Bertz CT molecular complexity index is 368. The fraction of sp³-hybridized carbons (Fsp3) is 0.769. The molecule has 96 valence electrons. The van der Waals surface area contributed by atoms with Crippen molar-refractivity contribution in [1.29, 1.82) is 0 Å². The Kier molecular flexibility index (Phi) is 3.85. The van der Waals surface area contributed by atoms with Crippen LogP contribution in [0.2, 0.25) is 0 Å². The van der Waals surface area contributed by atoms with Crippen LogP contribution in [0.3, 0.4) is 0 Å². The van der Waals surface area contributed by atoms with Gasteiger partial charge < -0.3 is 10.2 Å². The summed E-state index contributed by atoms with van der Waals surface area (Å²) in [4.78, 5) is 6.92. The van der Waals surface area contributed by atoms with Crippen LogP contribution >= 0.6 is 11.3 Å². The van der Waals surface area contributed by atoms with E-state index in [1.54, 1.807) is 11.3 Å². The van der Waals surface area contributed by atoms with Crippen molar-refractivity contribution in [2.24, 2.45) is 0 Å². The Morgan fingerprint density at radius 2 is 2.24 bits per heavy atom. The molecule has 0 spiro atoms. The zero-order chi connectivity index (χ0) is 12.5. The van der Waals surface area contributed by atoms with E-state index in [1.165, 1.54) is 25.0 Å². The first-order valence-electron chi connectivity index (χ1n) is 6.36. The van der Waals surface area contributed by atoms with E-state index in [9.17, 15) is 0 Å². The van der Waals surface area contributed by atoms with Gasteiger partial charge in [0.25, 0.3) is 0 Å². The number of nitrogens with one attached hydrogen (secondary N) is 1. The van der Waals surface area contributed by atoms with Crippen LogP contribution in [0.15, 0.2) is 5.38 Å². The van der Waals surface area contributed by atoms with Crippen molar-refractivity contribution in [1.82, 2.24) is 15.2 Å². The molecule has 17 heavy (non-hydrogen) atoms. The van der Waals surface area contributed by atoms with E-state index in [2.05, 4.69) is 48.5 Å². The Morgan fingerprint density at radius 1 is 1.53 bits per heavy atom. The first-order chi connectivity index (χ1) is 8.03. The summed E-state index contributed by atoms with van der Waals surface area (Å²) in [6, 6.07) is 0.359. The zero-order valence-electron chi connectivity index (χ0n) is 11.3. The van der Waals surface area contributed by atoms with Crippen LogP contribution in [0.25, 0.3) is 0 Å². The molecule has 0 radical (unpaired) electrons. The minimum absolute atomic E-state index is 0.359. The van der Waals surface area contributed by atoms with E-state index >= 15 is 0 Å². The molecule has 0 aromatic carbocycles. The van der Waals surface area contributed by atoms with Crippen molar-refractivity contribution in [3.8, 4) is 0 Å². The van der Waals surface area contributed by atoms with Gasteiger partial charge in [-0.1, -0.05) is 0 Å². The van der Waals surface area contributed by atoms with Gasteiger partial charge in [-0.05, 0) is 47.2 Å². The van der Waals surface area contributed by atoms with Gasteiger partial charge >= 0.3 is 0 Å². The van der Waals surface area contributed by atoms with E-state index in [0.29, 0.717) is 11.6 Å². The quantitative estimate of drug-likeness (QED) is 0.874. The first kappa shape index (κ1) is 13.0. The number of aromatic nitrogens is 1. The molecule has 1 aromatic rings. The second kappa shape index (κ2) is 5.04. The van der Waals surface area contributed by atoms with Crippen molar-refractivity contribution < 1.29 is 0 Å². The van der Waals surface area contributed by atoms with Crippen LogP contribution in [-0.2, 0) is 0 Å². The summed E-state index contributed by atoms with van der Waals surface area (Å²) in [6.45, 7) is 5.34. The fourth-order valence-corrected chi connectivity index (χ4v) is 3.10. The van der Waals surface area contributed by atoms with Gasteiger partial charge in [-0.2, -0.15) is 0 Å². The molecule has 1 aliphatic carbocycles. The molecule has 0 aliphatic heterocycles. The SMILES string of the molecule is Cc1nc(C(C)NCC2(N(C)C)CCC2)cs1. The Labute approximate surface area is 108 Å². The van der Waals surface area contributed by atoms with Crippen LogP contribution in [-0.4, -0.2) is 36.1 Å². The predicted octanol–water partition coefficient (Wildman–Crippen LogP) is 2.59. The number of thiazole rings is 1. The number of hydrogen-bond donors (Lipinski definition) is 1. The highest BCUT2D eigenvalue weighted by Crippen LogP contribution is 2.35. The monoisotopic (exact) mass is 253 g/mol. The molecular weight excluding hydrogens is 230 g/mol. The second-order valence-electron chi connectivity index (χ2n) is 5.37. The molecular formula is C13H23N3S. The summed E-state index contributed by atoms with van der Waals surface area (Å²) in [7, 11) is 4.39. The highest BCUT2D eigenvalue weighted by molar-refractivity contribution is 7.09. The van der Waals surface area contributed by atoms with Gasteiger partial charge in [-0.15, -0.1) is 11.3 Å². The summed E-state index contributed by atoms with van der Waals surface area (Å²) in [6.07, 6.45) is 4.00. The van der Waals surface area contributed by atoms with Crippen molar-refractivity contribution in [3.63, 3.8) is 0 Å². The van der Waals surface area contributed by atoms with E-state index in [4.69, 9.17) is 0 Å². The third-order valence-electron chi connectivity index (χ3n) is 4.05. The maximum absolute atomic E-state index is 4.54. The van der Waals surface area contributed by atoms with Crippen molar-refractivity contribution in [2.75, 3.05) is 20.6 Å². The fourth-order valence-electron chi connectivity index (χ4n) is 2.39. The summed E-state index contributed by atoms with van der Waals surface area (Å²) in [5.74, 6) is 0. The van der Waals surface area contributed by atoms with E-state index in [-0.39, 0.29) is 0 Å². The lowest BCUT2D eigenvalue weighted by atomic mass is 9.75. The molecule has 1 N–H and O–H groups in total. The van der Waals surface area contributed by atoms with E-state index < -0.39 is 0 Å². The summed E-state index contributed by atoms with van der Waals surface area (Å²) < 4.78 is 0. The van der Waals surface area contributed by atoms with Gasteiger partial charge in [-0.3, -0.25) is 0 Å². The molecule has 1 aromatic heterocycles. The van der Waals surface area contributed by atoms with Crippen molar-refractivity contribution >= 4 is 11.3 Å². The van der Waals surface area contributed by atoms with Crippen LogP contribution in [0, 0.1) is 6.92 Å². The molecule has 1 unspecified atom stereocenters. The number of likely N-dealkylation sites (N-methyl/N-ethyl adjacent to an activating group) is 1. The molecule has 1 atom stereocenters. The van der Waals surface area contributed by atoms with Crippen LogP contribution < -0.4 is 5.32 Å². The number of rotatable bonds is 5. The minimum Gasteiger partial charge on any atom is -0.307 e. The Balaban J connectivity index is 1.89. The van der Waals surface area contributed by atoms with E-state index in [1.807, 2.05) is 0 Å². The lowest BCUT2D eigenvalue weighted by Gasteiger charge is -2.48. The molecule has 0 bridgehead atoms. The van der Waals surface area contributed by atoms with Gasteiger partial charge in [0, 0.05) is 23.5 Å². The second-order valence-corrected chi connectivity index (χ2v) is 6.43. The smallest absolute Gasteiger partial charge is 0.0898 e. The van der Waals surface area contributed by atoms with Crippen LogP contribution in [0.5, 0.6) is 0 Å². The van der Waals surface area contributed by atoms with Crippen molar-refractivity contribution in [3.05, 3.63) is 16.1 Å². The highest BCUT2D eigenvalue weighted by atomic mass is 32.1. The van der Waals surface area contributed by atoms with Gasteiger partial charge in [0.2, 0.25) is 0 Å². The predicted molar refractivity (Wildman–Crippen MR) is 73.5 cm³/mol. The minimum atomic E-state index is 0.359. The van der Waals surface area contributed by atoms with Gasteiger partial charge in [0.15, 0.2) is 0 Å². The van der Waals surface area contributed by atoms with Crippen LogP contribution in [0.1, 0.15) is 42.9 Å². The molecule has 1 heterocycles. The molecule has 1 saturated carbocycles. The van der Waals surface area contributed by atoms with E-state index in [0.717, 1.165) is 11.6 Å². The molecule has 2 rings (SSSR count). The lowest BCUT2D eigenvalue weighted by molar-refractivity contribution is 0.0575. The average Bonchev–Trinajstić information content (AvgIpc) is 2.62. The number of aryl methyl sites for hydroxylation is 1. The van der Waals surface area contributed by atoms with Gasteiger partial charge in [0.1, 0.15) is 0 Å². The summed E-state index contributed by atoms with van der Waals surface area (Å²) >= 11 is 1.73. The third kappa shape index (κ3) is 2.69. The average molecular weight is 253 g/mol. The molecule has 1 aliphatic rings. The normalized spacial score (nSPS) is 20.3. The van der Waals surface area contributed by atoms with Gasteiger partial charge in [-0.25, -0.2) is 4.98 Å². The van der Waals surface area contributed by atoms with Crippen LogP contribution in [0.4, 0.5) is 0 Å². The molecule has 4 heteroatoms. The third-order valence-corrected chi connectivity index (χ3v) is 4.84. The molecule has 0 amide bonds. The lowest BCUT2D eigenvalue weighted by Crippen LogP contribution is -2.56. The van der Waals surface area contributed by atoms with Crippen molar-refractivity contribution in [2.45, 2.75) is 44.7 Å². The summed E-state index contributed by atoms with van der Waals surface area (Å²) in [5.41, 5.74) is 1.57. The standard InChI is InChI=1S/C13H23N3S/c1-10(12-8-17-11(2)15-12)14-9-13(16(3)4)6-5-7-13/h8,10,14H,5-7,9H2,1-4H3. The number of hydrogen-bond acceptors (Lipinski definition) is 4. The molecule has 1 fully saturated rings. The maximum atomic E-state index is 4.54. The molecule has 3 nitrogen and oxygen atoms in total. The highest BCUT2D eigenvalue weighted by Gasteiger charge is 2.38. The summed E-state index contributed by atoms with van der Waals surface area (Å²) in [5, 5.41) is 6.95. The Hall–Kier alpha value is -0.450. The number of nitrogens with zero attached hydrogens (tertiary/aromatic N) is 2. The molecule has 0 saturated heterocycles. The Morgan fingerprint density at radius 3 is 2.65 bits per heavy atom. The topological polar surface area (TPSA) is 28.2 Å². The van der Waals surface area contributed by atoms with Gasteiger partial charge in [0.05, 0.1) is 10.7 Å². The first-order valence-corrected chi connectivity index (χ1v) is 7.24.